The van der Waals surface area contributed by atoms with Gasteiger partial charge in [-0.2, -0.15) is 0 Å². The Balaban J connectivity index is 2.43. The van der Waals surface area contributed by atoms with E-state index in [-0.39, 0.29) is 5.75 Å². The van der Waals surface area contributed by atoms with Gasteiger partial charge >= 0.3 is 0 Å². The largest absolute Gasteiger partial charge is 0.308 e. The second-order valence-corrected chi connectivity index (χ2v) is 5.11. The summed E-state index contributed by atoms with van der Waals surface area (Å²) in [6.45, 7) is 1.96. The van der Waals surface area contributed by atoms with Crippen molar-refractivity contribution in [2.24, 2.45) is 0 Å². The van der Waals surface area contributed by atoms with E-state index < -0.39 is 10.0 Å². The van der Waals surface area contributed by atoms with Crippen molar-refractivity contribution in [3.05, 3.63) is 30.3 Å². The van der Waals surface area contributed by atoms with Crippen LogP contribution >= 0.6 is 0 Å². The van der Waals surface area contributed by atoms with Crippen LogP contribution in [0.15, 0.2) is 30.3 Å². The predicted molar refractivity (Wildman–Crippen MR) is 61.9 cm³/mol. The van der Waals surface area contributed by atoms with Crippen molar-refractivity contribution in [2.45, 2.75) is 19.8 Å². The molecule has 0 heterocycles. The summed E-state index contributed by atoms with van der Waals surface area (Å²) in [7, 11) is -3.20. The fourth-order valence-corrected chi connectivity index (χ4v) is 2.09. The van der Waals surface area contributed by atoms with E-state index in [2.05, 4.69) is 10.3 Å². The van der Waals surface area contributed by atoms with Gasteiger partial charge in [0.05, 0.1) is 5.75 Å². The maximum Gasteiger partial charge on any atom is 0.228 e. The van der Waals surface area contributed by atoms with Gasteiger partial charge in [0.2, 0.25) is 10.0 Å². The average molecular weight is 228 g/mol. The zero-order valence-electron chi connectivity index (χ0n) is 8.73. The Labute approximate surface area is 90.7 Å². The smallest absolute Gasteiger partial charge is 0.228 e. The Morgan fingerprint density at radius 1 is 1.20 bits per heavy atom. The van der Waals surface area contributed by atoms with E-state index in [1.54, 1.807) is 12.1 Å². The molecular formula is C10H16N2O2S. The third-order valence-corrected chi connectivity index (χ3v) is 3.13. The van der Waals surface area contributed by atoms with E-state index >= 15 is 0 Å². The van der Waals surface area contributed by atoms with Gasteiger partial charge in [0.25, 0.3) is 0 Å². The predicted octanol–water partition coefficient (Wildman–Crippen LogP) is 1.73. The molecule has 1 aromatic carbocycles. The standard InChI is InChI=1S/C10H16N2O2S/c1-2-3-9-15(13,14)12-11-10-7-5-4-6-8-10/h4-8,11-12H,2-3,9H2,1H3. The van der Waals surface area contributed by atoms with Crippen molar-refractivity contribution in [1.82, 2.24) is 4.83 Å². The highest BCUT2D eigenvalue weighted by Gasteiger charge is 2.07. The highest BCUT2D eigenvalue weighted by Crippen LogP contribution is 2.03. The number of benzene rings is 1. The van der Waals surface area contributed by atoms with Crippen LogP contribution in [0.3, 0.4) is 0 Å². The fraction of sp³-hybridized carbons (Fsp3) is 0.400. The van der Waals surface area contributed by atoms with E-state index in [1.807, 2.05) is 25.1 Å². The van der Waals surface area contributed by atoms with Gasteiger partial charge in [0.15, 0.2) is 0 Å². The van der Waals surface area contributed by atoms with Crippen molar-refractivity contribution in [1.29, 1.82) is 0 Å². The van der Waals surface area contributed by atoms with Crippen molar-refractivity contribution >= 4 is 15.7 Å². The topological polar surface area (TPSA) is 58.2 Å². The average Bonchev–Trinajstić information content (AvgIpc) is 2.25. The van der Waals surface area contributed by atoms with Crippen molar-refractivity contribution < 1.29 is 8.42 Å². The van der Waals surface area contributed by atoms with E-state index in [0.717, 1.165) is 12.1 Å². The van der Waals surface area contributed by atoms with Crippen LogP contribution in [0.4, 0.5) is 5.69 Å². The molecule has 0 amide bonds. The Kier molecular flexibility index (Phi) is 4.58. The molecule has 0 unspecified atom stereocenters. The molecular weight excluding hydrogens is 212 g/mol. The molecule has 0 radical (unpaired) electrons. The highest BCUT2D eigenvalue weighted by molar-refractivity contribution is 7.89. The third kappa shape index (κ3) is 4.80. The highest BCUT2D eigenvalue weighted by atomic mass is 32.2. The minimum absolute atomic E-state index is 0.156. The van der Waals surface area contributed by atoms with Gasteiger partial charge in [-0.1, -0.05) is 31.5 Å². The molecule has 0 fully saturated rings. The molecule has 0 saturated heterocycles. The van der Waals surface area contributed by atoms with Crippen LogP contribution in [-0.4, -0.2) is 14.2 Å². The first kappa shape index (κ1) is 12.0. The molecule has 0 aromatic heterocycles. The number of para-hydroxylation sites is 1. The molecule has 0 aliphatic rings. The molecule has 0 saturated carbocycles. The maximum absolute atomic E-state index is 11.4. The van der Waals surface area contributed by atoms with Crippen LogP contribution in [0, 0.1) is 0 Å². The molecule has 0 spiro atoms. The van der Waals surface area contributed by atoms with Crippen LogP contribution < -0.4 is 10.3 Å². The van der Waals surface area contributed by atoms with Crippen LogP contribution in [0.2, 0.25) is 0 Å². The first-order chi connectivity index (χ1) is 7.14. The normalized spacial score (nSPS) is 11.3. The number of rotatable bonds is 6. The molecule has 0 aliphatic heterocycles. The summed E-state index contributed by atoms with van der Waals surface area (Å²) < 4.78 is 22.8. The number of hydrogen-bond donors (Lipinski definition) is 2. The third-order valence-electron chi connectivity index (χ3n) is 1.89. The Morgan fingerprint density at radius 2 is 1.87 bits per heavy atom. The minimum Gasteiger partial charge on any atom is -0.308 e. The summed E-state index contributed by atoms with van der Waals surface area (Å²) in [6, 6.07) is 9.13. The zero-order chi connectivity index (χ0) is 11.1. The SMILES string of the molecule is CCCCS(=O)(=O)NNc1ccccc1. The summed E-state index contributed by atoms with van der Waals surface area (Å²) in [6.07, 6.45) is 1.54. The van der Waals surface area contributed by atoms with Crippen LogP contribution in [0.25, 0.3) is 0 Å². The van der Waals surface area contributed by atoms with Gasteiger partial charge in [0, 0.05) is 5.69 Å². The van der Waals surface area contributed by atoms with Crippen LogP contribution in [0.1, 0.15) is 19.8 Å². The summed E-state index contributed by atoms with van der Waals surface area (Å²) in [5, 5.41) is 0. The monoisotopic (exact) mass is 228 g/mol. The molecule has 0 atom stereocenters. The van der Waals surface area contributed by atoms with Gasteiger partial charge in [-0.3, -0.25) is 0 Å². The Morgan fingerprint density at radius 3 is 2.47 bits per heavy atom. The van der Waals surface area contributed by atoms with E-state index in [4.69, 9.17) is 0 Å². The fourth-order valence-electron chi connectivity index (χ4n) is 1.04. The Bertz CT molecular complexity index is 376. The maximum atomic E-state index is 11.4. The Hall–Kier alpha value is -1.07. The van der Waals surface area contributed by atoms with Crippen LogP contribution in [-0.2, 0) is 10.0 Å². The lowest BCUT2D eigenvalue weighted by Gasteiger charge is -2.08. The quantitative estimate of drug-likeness (QED) is 0.729. The van der Waals surface area contributed by atoms with Crippen LogP contribution in [0.5, 0.6) is 0 Å². The summed E-state index contributed by atoms with van der Waals surface area (Å²) in [4.78, 5) is 2.33. The van der Waals surface area contributed by atoms with Gasteiger partial charge in [-0.15, -0.1) is 4.83 Å². The minimum atomic E-state index is -3.20. The van der Waals surface area contributed by atoms with Gasteiger partial charge in [0.1, 0.15) is 0 Å². The number of sulfonamides is 1. The van der Waals surface area contributed by atoms with Gasteiger partial charge < -0.3 is 5.43 Å². The van der Waals surface area contributed by atoms with E-state index in [0.29, 0.717) is 6.42 Å². The van der Waals surface area contributed by atoms with Gasteiger partial charge in [-0.25, -0.2) is 8.42 Å². The lowest BCUT2D eigenvalue weighted by atomic mass is 10.3. The molecule has 0 bridgehead atoms. The lowest BCUT2D eigenvalue weighted by molar-refractivity contribution is 0.584. The number of unbranched alkanes of at least 4 members (excludes halogenated alkanes) is 1. The lowest BCUT2D eigenvalue weighted by Crippen LogP contribution is -2.31. The van der Waals surface area contributed by atoms with Crippen molar-refractivity contribution in [2.75, 3.05) is 11.2 Å². The molecule has 84 valence electrons. The van der Waals surface area contributed by atoms with Crippen molar-refractivity contribution in [3.8, 4) is 0 Å². The second kappa shape index (κ2) is 5.72. The number of hydrazine groups is 1. The molecule has 1 aromatic rings. The molecule has 15 heavy (non-hydrogen) atoms. The number of anilines is 1. The summed E-state index contributed by atoms with van der Waals surface area (Å²) >= 11 is 0. The second-order valence-electron chi connectivity index (χ2n) is 3.27. The summed E-state index contributed by atoms with van der Waals surface area (Å²) in [5.74, 6) is 0.156. The van der Waals surface area contributed by atoms with E-state index in [1.165, 1.54) is 0 Å². The molecule has 5 heteroatoms. The number of hydrogen-bond acceptors (Lipinski definition) is 3. The van der Waals surface area contributed by atoms with E-state index in [9.17, 15) is 8.42 Å². The number of nitrogens with one attached hydrogen (secondary N) is 2. The zero-order valence-corrected chi connectivity index (χ0v) is 9.55. The summed E-state index contributed by atoms with van der Waals surface area (Å²) in [5.41, 5.74) is 3.39. The van der Waals surface area contributed by atoms with Crippen molar-refractivity contribution in [3.63, 3.8) is 0 Å². The molecule has 1 rings (SSSR count). The van der Waals surface area contributed by atoms with Gasteiger partial charge in [-0.05, 0) is 18.6 Å². The molecule has 4 nitrogen and oxygen atoms in total. The molecule has 2 N–H and O–H groups in total. The first-order valence-electron chi connectivity index (χ1n) is 4.94. The molecule has 0 aliphatic carbocycles. The first-order valence-corrected chi connectivity index (χ1v) is 6.60.